The molecule has 0 bridgehead atoms. The van der Waals surface area contributed by atoms with Crippen molar-refractivity contribution in [1.29, 1.82) is 0 Å². The van der Waals surface area contributed by atoms with Crippen molar-refractivity contribution >= 4 is 39.8 Å². The lowest BCUT2D eigenvalue weighted by atomic mass is 10.2. The largest absolute Gasteiger partial charge is 0.362 e. The first-order valence-corrected chi connectivity index (χ1v) is 6.99. The maximum absolute atomic E-state index is 5.96. The number of anilines is 1. The molecule has 0 amide bonds. The maximum atomic E-state index is 5.96. The summed E-state index contributed by atoms with van der Waals surface area (Å²) in [7, 11) is 1.86. The Labute approximate surface area is 119 Å². The van der Waals surface area contributed by atoms with Gasteiger partial charge in [-0.2, -0.15) is 5.10 Å². The monoisotopic (exact) mass is 293 g/mol. The van der Waals surface area contributed by atoms with E-state index in [4.69, 9.17) is 11.6 Å². The normalized spacial score (nSPS) is 12.8. The minimum atomic E-state index is 0.135. The molecule has 0 aromatic carbocycles. The van der Waals surface area contributed by atoms with E-state index in [1.165, 1.54) is 4.88 Å². The Morgan fingerprint density at radius 1 is 1.37 bits per heavy atom. The number of fused-ring (bicyclic) bond motifs is 1. The summed E-state index contributed by atoms with van der Waals surface area (Å²) < 4.78 is 2.52. The van der Waals surface area contributed by atoms with E-state index >= 15 is 0 Å². The lowest BCUT2D eigenvalue weighted by Gasteiger charge is -2.13. The number of rotatable bonds is 3. The average Bonchev–Trinajstić information content (AvgIpc) is 2.98. The van der Waals surface area contributed by atoms with Crippen molar-refractivity contribution in [3.8, 4) is 0 Å². The van der Waals surface area contributed by atoms with Crippen molar-refractivity contribution in [1.82, 2.24) is 19.7 Å². The predicted molar refractivity (Wildman–Crippen MR) is 77.7 cm³/mol. The van der Waals surface area contributed by atoms with Gasteiger partial charge >= 0.3 is 0 Å². The zero-order valence-corrected chi connectivity index (χ0v) is 12.0. The van der Waals surface area contributed by atoms with E-state index in [2.05, 4.69) is 27.3 Å². The van der Waals surface area contributed by atoms with Crippen LogP contribution in [-0.4, -0.2) is 19.7 Å². The Kier molecular flexibility index (Phi) is 3.12. The van der Waals surface area contributed by atoms with Crippen molar-refractivity contribution in [2.75, 3.05) is 5.32 Å². The molecule has 19 heavy (non-hydrogen) atoms. The fraction of sp³-hybridized carbons (Fsp3) is 0.250. The highest BCUT2D eigenvalue weighted by Gasteiger charge is 2.12. The van der Waals surface area contributed by atoms with Crippen LogP contribution in [0.1, 0.15) is 17.8 Å². The molecule has 3 rings (SSSR count). The first-order valence-electron chi connectivity index (χ1n) is 5.79. The molecule has 0 aliphatic heterocycles. The Hall–Kier alpha value is -1.66. The summed E-state index contributed by atoms with van der Waals surface area (Å²) >= 11 is 7.52. The Bertz CT molecular complexity index is 720. The molecule has 5 nitrogen and oxygen atoms in total. The molecule has 1 atom stereocenters. The topological polar surface area (TPSA) is 55.6 Å². The van der Waals surface area contributed by atoms with E-state index in [1.54, 1.807) is 28.5 Å². The first-order chi connectivity index (χ1) is 9.15. The van der Waals surface area contributed by atoms with E-state index in [1.807, 2.05) is 19.2 Å². The molecule has 0 fully saturated rings. The third-order valence-corrected chi connectivity index (χ3v) is 4.32. The second-order valence-electron chi connectivity index (χ2n) is 4.24. The van der Waals surface area contributed by atoms with Gasteiger partial charge in [-0.1, -0.05) is 11.6 Å². The molecule has 1 unspecified atom stereocenters. The SMILES string of the molecule is CC(Nc1ncnc2c1cnn2C)c1ccc(Cl)s1. The van der Waals surface area contributed by atoms with Gasteiger partial charge < -0.3 is 5.32 Å². The molecule has 7 heteroatoms. The number of nitrogens with zero attached hydrogens (tertiary/aromatic N) is 4. The van der Waals surface area contributed by atoms with Crippen LogP contribution < -0.4 is 5.32 Å². The van der Waals surface area contributed by atoms with Crippen LogP contribution in [0, 0.1) is 0 Å². The van der Waals surface area contributed by atoms with Gasteiger partial charge in [-0.3, -0.25) is 4.68 Å². The van der Waals surface area contributed by atoms with Crippen molar-refractivity contribution in [3.63, 3.8) is 0 Å². The molecule has 98 valence electrons. The highest BCUT2D eigenvalue weighted by atomic mass is 35.5. The second-order valence-corrected chi connectivity index (χ2v) is 5.98. The smallest absolute Gasteiger partial charge is 0.163 e. The summed E-state index contributed by atoms with van der Waals surface area (Å²) in [6, 6.07) is 4.06. The molecule has 3 aromatic heterocycles. The molecule has 0 saturated heterocycles. The number of halogens is 1. The quantitative estimate of drug-likeness (QED) is 0.805. The first kappa shape index (κ1) is 12.4. The molecule has 3 heterocycles. The van der Waals surface area contributed by atoms with Crippen LogP contribution in [0.3, 0.4) is 0 Å². The van der Waals surface area contributed by atoms with Crippen molar-refractivity contribution in [2.45, 2.75) is 13.0 Å². The Morgan fingerprint density at radius 3 is 2.95 bits per heavy atom. The fourth-order valence-electron chi connectivity index (χ4n) is 1.91. The highest BCUT2D eigenvalue weighted by Crippen LogP contribution is 2.29. The molecular weight excluding hydrogens is 282 g/mol. The molecule has 0 aliphatic rings. The Balaban J connectivity index is 1.93. The zero-order chi connectivity index (χ0) is 13.4. The van der Waals surface area contributed by atoms with Crippen LogP contribution in [0.25, 0.3) is 11.0 Å². The third-order valence-electron chi connectivity index (χ3n) is 2.90. The van der Waals surface area contributed by atoms with E-state index in [0.29, 0.717) is 0 Å². The van der Waals surface area contributed by atoms with Gasteiger partial charge in [0.15, 0.2) is 5.65 Å². The third kappa shape index (κ3) is 2.29. The van der Waals surface area contributed by atoms with E-state index in [9.17, 15) is 0 Å². The minimum absolute atomic E-state index is 0.135. The number of hydrogen-bond donors (Lipinski definition) is 1. The van der Waals surface area contributed by atoms with Gasteiger partial charge in [0.1, 0.15) is 12.1 Å². The standard InChI is InChI=1S/C12H12ClN5S/c1-7(9-3-4-10(13)19-9)17-11-8-5-16-18(2)12(8)15-6-14-11/h3-7H,1-2H3,(H,14,15,17). The summed E-state index contributed by atoms with van der Waals surface area (Å²) in [5.74, 6) is 0.787. The van der Waals surface area contributed by atoms with Crippen LogP contribution in [0.15, 0.2) is 24.7 Å². The highest BCUT2D eigenvalue weighted by molar-refractivity contribution is 7.16. The predicted octanol–water partition coefficient (Wildman–Crippen LogP) is 3.25. The molecule has 0 radical (unpaired) electrons. The summed E-state index contributed by atoms with van der Waals surface area (Å²) in [5, 5.41) is 8.49. The van der Waals surface area contributed by atoms with Gasteiger partial charge in [0.2, 0.25) is 0 Å². The minimum Gasteiger partial charge on any atom is -0.362 e. The Morgan fingerprint density at radius 2 is 2.21 bits per heavy atom. The summed E-state index contributed by atoms with van der Waals surface area (Å²) in [6.07, 6.45) is 3.31. The molecule has 3 aromatic rings. The van der Waals surface area contributed by atoms with E-state index < -0.39 is 0 Å². The van der Waals surface area contributed by atoms with Gasteiger partial charge in [-0.05, 0) is 19.1 Å². The number of aromatic nitrogens is 4. The van der Waals surface area contributed by atoms with Gasteiger partial charge in [-0.15, -0.1) is 11.3 Å². The molecule has 0 saturated carbocycles. The lowest BCUT2D eigenvalue weighted by molar-refractivity contribution is 0.785. The van der Waals surface area contributed by atoms with Crippen LogP contribution >= 0.6 is 22.9 Å². The number of nitrogens with one attached hydrogen (secondary N) is 1. The van der Waals surface area contributed by atoms with Crippen LogP contribution in [-0.2, 0) is 7.05 Å². The zero-order valence-electron chi connectivity index (χ0n) is 10.5. The van der Waals surface area contributed by atoms with Crippen molar-refractivity contribution in [3.05, 3.63) is 33.9 Å². The molecular formula is C12H12ClN5S. The summed E-state index contributed by atoms with van der Waals surface area (Å²) in [4.78, 5) is 9.67. The van der Waals surface area contributed by atoms with Gasteiger partial charge in [0.25, 0.3) is 0 Å². The van der Waals surface area contributed by atoms with E-state index in [0.717, 1.165) is 21.2 Å². The number of hydrogen-bond acceptors (Lipinski definition) is 5. The van der Waals surface area contributed by atoms with Crippen LogP contribution in [0.4, 0.5) is 5.82 Å². The summed E-state index contributed by atoms with van der Waals surface area (Å²) in [5.41, 5.74) is 0.814. The van der Waals surface area contributed by atoms with Crippen molar-refractivity contribution in [2.24, 2.45) is 7.05 Å². The lowest BCUT2D eigenvalue weighted by Crippen LogP contribution is -2.07. The van der Waals surface area contributed by atoms with Gasteiger partial charge in [0.05, 0.1) is 22.0 Å². The van der Waals surface area contributed by atoms with Crippen LogP contribution in [0.5, 0.6) is 0 Å². The molecule has 0 aliphatic carbocycles. The number of thiophene rings is 1. The van der Waals surface area contributed by atoms with Crippen molar-refractivity contribution < 1.29 is 0 Å². The average molecular weight is 294 g/mol. The van der Waals surface area contributed by atoms with Crippen LogP contribution in [0.2, 0.25) is 4.34 Å². The van der Waals surface area contributed by atoms with Gasteiger partial charge in [0, 0.05) is 11.9 Å². The second kappa shape index (κ2) is 4.79. The molecule has 0 spiro atoms. The fourth-order valence-corrected chi connectivity index (χ4v) is 2.98. The summed E-state index contributed by atoms with van der Waals surface area (Å²) in [6.45, 7) is 2.08. The van der Waals surface area contributed by atoms with Gasteiger partial charge in [-0.25, -0.2) is 9.97 Å². The van der Waals surface area contributed by atoms with E-state index in [-0.39, 0.29) is 6.04 Å². The molecule has 1 N–H and O–H groups in total. The number of aryl methyl sites for hydroxylation is 1. The maximum Gasteiger partial charge on any atom is 0.163 e.